The van der Waals surface area contributed by atoms with E-state index in [1.807, 2.05) is 0 Å². The van der Waals surface area contributed by atoms with Crippen LogP contribution in [0.15, 0.2) is 76.0 Å². The summed E-state index contributed by atoms with van der Waals surface area (Å²) in [4.78, 5) is 26.4. The van der Waals surface area contributed by atoms with Gasteiger partial charge in [-0.3, -0.25) is 9.78 Å². The molecule has 1 amide bonds. The molecule has 3 aromatic rings. The molecule has 0 saturated carbocycles. The molecule has 1 aliphatic heterocycles. The Labute approximate surface area is 186 Å². The van der Waals surface area contributed by atoms with Gasteiger partial charge in [0.25, 0.3) is 5.91 Å². The number of rotatable bonds is 5. The smallest absolute Gasteiger partial charge is 0.417 e. The molecule has 2 aromatic heterocycles. The Hall–Kier alpha value is -4.15. The van der Waals surface area contributed by atoms with E-state index in [-0.39, 0.29) is 29.5 Å². The standard InChI is InChI=1S/C22H19F3N6O2/c1-12(15-7-6-13(8-29-15)22(23,24)25)19-20(21(27)32)31(10-18(26)30-19)16-5-3-2-4-14(16)17-9-28-11-33-17/h2-9,11-12H,10H2,1H3,(H2,26,30)(H2,27,32). The van der Waals surface area contributed by atoms with E-state index >= 15 is 0 Å². The number of carbonyl (C=O) groups is 1. The van der Waals surface area contributed by atoms with Gasteiger partial charge in [0.1, 0.15) is 11.5 Å². The van der Waals surface area contributed by atoms with Crippen LogP contribution in [0, 0.1) is 0 Å². The minimum Gasteiger partial charge on any atom is -0.443 e. The summed E-state index contributed by atoms with van der Waals surface area (Å²) >= 11 is 0. The maximum Gasteiger partial charge on any atom is 0.417 e. The van der Waals surface area contributed by atoms with Gasteiger partial charge in [0.15, 0.2) is 12.2 Å². The Bertz CT molecular complexity index is 1230. The van der Waals surface area contributed by atoms with Crippen LogP contribution in [-0.2, 0) is 11.0 Å². The number of aromatic nitrogens is 2. The zero-order chi connectivity index (χ0) is 23.8. The molecule has 0 spiro atoms. The molecule has 33 heavy (non-hydrogen) atoms. The molecule has 11 heteroatoms. The van der Waals surface area contributed by atoms with E-state index < -0.39 is 23.6 Å². The van der Waals surface area contributed by atoms with Gasteiger partial charge in [-0.15, -0.1) is 0 Å². The minimum absolute atomic E-state index is 0.0605. The molecule has 0 saturated heterocycles. The normalized spacial score (nSPS) is 15.4. The van der Waals surface area contributed by atoms with Crippen LogP contribution < -0.4 is 16.4 Å². The van der Waals surface area contributed by atoms with E-state index in [0.717, 1.165) is 12.3 Å². The van der Waals surface area contributed by atoms with Crippen molar-refractivity contribution in [2.45, 2.75) is 19.0 Å². The average Bonchev–Trinajstić information content (AvgIpc) is 3.32. The fraction of sp³-hybridized carbons (Fsp3) is 0.182. The number of anilines is 1. The summed E-state index contributed by atoms with van der Waals surface area (Å²) in [7, 11) is 0. The summed E-state index contributed by atoms with van der Waals surface area (Å²) < 4.78 is 44.2. The summed E-state index contributed by atoms with van der Waals surface area (Å²) in [5.41, 5.74) is 12.7. The molecule has 0 fully saturated rings. The quantitative estimate of drug-likeness (QED) is 0.606. The number of hydrogen-bond donors (Lipinski definition) is 2. The predicted molar refractivity (Wildman–Crippen MR) is 115 cm³/mol. The lowest BCUT2D eigenvalue weighted by atomic mass is 9.98. The highest BCUT2D eigenvalue weighted by molar-refractivity contribution is 6.03. The van der Waals surface area contributed by atoms with Crippen LogP contribution in [0.2, 0.25) is 0 Å². The number of benzene rings is 1. The van der Waals surface area contributed by atoms with Crippen LogP contribution in [-0.4, -0.2) is 28.3 Å². The number of nitrogens with two attached hydrogens (primary N) is 2. The Morgan fingerprint density at radius 2 is 1.94 bits per heavy atom. The van der Waals surface area contributed by atoms with Gasteiger partial charge in [0.05, 0.1) is 29.7 Å². The second-order valence-electron chi connectivity index (χ2n) is 7.36. The average molecular weight is 456 g/mol. The third-order valence-electron chi connectivity index (χ3n) is 5.19. The Morgan fingerprint density at radius 3 is 2.55 bits per heavy atom. The molecule has 0 aliphatic carbocycles. The van der Waals surface area contributed by atoms with E-state index in [4.69, 9.17) is 15.9 Å². The number of carbonyl (C=O) groups excluding carboxylic acids is 1. The molecule has 8 nitrogen and oxygen atoms in total. The number of pyridine rings is 1. The minimum atomic E-state index is -4.51. The number of amides is 1. The second kappa shape index (κ2) is 8.41. The molecular weight excluding hydrogens is 437 g/mol. The van der Waals surface area contributed by atoms with Gasteiger partial charge < -0.3 is 20.8 Å². The molecule has 1 aliphatic rings. The zero-order valence-electron chi connectivity index (χ0n) is 17.4. The molecule has 0 bridgehead atoms. The number of nitrogens with zero attached hydrogens (tertiary/aromatic N) is 4. The Kier molecular flexibility index (Phi) is 5.62. The van der Waals surface area contributed by atoms with Gasteiger partial charge >= 0.3 is 6.18 Å². The van der Waals surface area contributed by atoms with Crippen molar-refractivity contribution in [1.29, 1.82) is 0 Å². The SMILES string of the molecule is CC(C1=C(C(N)=O)N(c2ccccc2-c2cnco2)CC(N)=N1)c1ccc(C(F)(F)F)cn1. The largest absolute Gasteiger partial charge is 0.443 e. The lowest BCUT2D eigenvalue weighted by Gasteiger charge is -2.32. The number of aliphatic imine (C=N–C) groups is 1. The molecule has 4 rings (SSSR count). The summed E-state index contributed by atoms with van der Waals surface area (Å²) in [6.07, 6.45) is -0.958. The first kappa shape index (κ1) is 22.1. The Balaban J connectivity index is 1.82. The lowest BCUT2D eigenvalue weighted by Crippen LogP contribution is -2.42. The highest BCUT2D eigenvalue weighted by Crippen LogP contribution is 2.38. The van der Waals surface area contributed by atoms with Crippen molar-refractivity contribution in [3.63, 3.8) is 0 Å². The van der Waals surface area contributed by atoms with Gasteiger partial charge in [0, 0.05) is 23.4 Å². The summed E-state index contributed by atoms with van der Waals surface area (Å²) in [6.45, 7) is 1.73. The molecule has 170 valence electrons. The summed E-state index contributed by atoms with van der Waals surface area (Å²) in [6, 6.07) is 9.29. The van der Waals surface area contributed by atoms with Crippen molar-refractivity contribution >= 4 is 17.4 Å². The number of alkyl halides is 3. The molecular formula is C22H19F3N6O2. The number of hydrogen-bond acceptors (Lipinski definition) is 7. The number of halogens is 3. The van der Waals surface area contributed by atoms with Crippen LogP contribution >= 0.6 is 0 Å². The number of oxazole rings is 1. The van der Waals surface area contributed by atoms with Gasteiger partial charge in [-0.1, -0.05) is 19.1 Å². The van der Waals surface area contributed by atoms with E-state index in [1.54, 1.807) is 36.1 Å². The van der Waals surface area contributed by atoms with Crippen molar-refractivity contribution in [1.82, 2.24) is 9.97 Å². The molecule has 1 unspecified atom stereocenters. The molecule has 3 heterocycles. The maximum absolute atomic E-state index is 12.9. The first-order valence-corrected chi connectivity index (χ1v) is 9.82. The van der Waals surface area contributed by atoms with Gasteiger partial charge in [-0.05, 0) is 24.3 Å². The van der Waals surface area contributed by atoms with Crippen molar-refractivity contribution < 1.29 is 22.4 Å². The lowest BCUT2D eigenvalue weighted by molar-refractivity contribution is -0.137. The van der Waals surface area contributed by atoms with Crippen LogP contribution in [0.1, 0.15) is 24.1 Å². The highest BCUT2D eigenvalue weighted by atomic mass is 19.4. The first-order chi connectivity index (χ1) is 15.7. The number of primary amides is 1. The Morgan fingerprint density at radius 1 is 1.18 bits per heavy atom. The maximum atomic E-state index is 12.9. The first-order valence-electron chi connectivity index (χ1n) is 9.82. The van der Waals surface area contributed by atoms with E-state index in [0.29, 0.717) is 17.0 Å². The zero-order valence-corrected chi connectivity index (χ0v) is 17.4. The number of allylic oxidation sites excluding steroid dienone is 1. The van der Waals surface area contributed by atoms with Crippen LogP contribution in [0.4, 0.5) is 18.9 Å². The topological polar surface area (TPSA) is 124 Å². The third kappa shape index (κ3) is 4.29. The van der Waals surface area contributed by atoms with Crippen LogP contribution in [0.3, 0.4) is 0 Å². The molecule has 0 radical (unpaired) electrons. The number of amidine groups is 1. The summed E-state index contributed by atoms with van der Waals surface area (Å²) in [5, 5.41) is 0. The van der Waals surface area contributed by atoms with Crippen molar-refractivity contribution in [3.8, 4) is 11.3 Å². The fourth-order valence-electron chi connectivity index (χ4n) is 3.62. The van der Waals surface area contributed by atoms with Crippen LogP contribution in [0.5, 0.6) is 0 Å². The third-order valence-corrected chi connectivity index (χ3v) is 5.19. The monoisotopic (exact) mass is 456 g/mol. The van der Waals surface area contributed by atoms with Crippen molar-refractivity contribution in [2.24, 2.45) is 16.5 Å². The predicted octanol–water partition coefficient (Wildman–Crippen LogP) is 3.43. The molecule has 1 aromatic carbocycles. The van der Waals surface area contributed by atoms with Gasteiger partial charge in [0.2, 0.25) is 0 Å². The van der Waals surface area contributed by atoms with Crippen molar-refractivity contribution in [2.75, 3.05) is 11.4 Å². The van der Waals surface area contributed by atoms with Gasteiger partial charge in [-0.2, -0.15) is 13.2 Å². The number of para-hydroxylation sites is 1. The van der Waals surface area contributed by atoms with Gasteiger partial charge in [-0.25, -0.2) is 9.98 Å². The molecule has 1 atom stereocenters. The van der Waals surface area contributed by atoms with E-state index in [2.05, 4.69) is 15.0 Å². The summed E-state index contributed by atoms with van der Waals surface area (Å²) in [5.74, 6) is -0.781. The van der Waals surface area contributed by atoms with E-state index in [1.165, 1.54) is 18.7 Å². The fourth-order valence-corrected chi connectivity index (χ4v) is 3.62. The highest BCUT2D eigenvalue weighted by Gasteiger charge is 2.33. The second-order valence-corrected chi connectivity index (χ2v) is 7.36. The van der Waals surface area contributed by atoms with E-state index in [9.17, 15) is 18.0 Å². The van der Waals surface area contributed by atoms with Crippen LogP contribution in [0.25, 0.3) is 11.3 Å². The van der Waals surface area contributed by atoms with Crippen molar-refractivity contribution in [3.05, 3.63) is 77.8 Å². The molecule has 4 N–H and O–H groups in total.